The molecule has 134 valence electrons. The van der Waals surface area contributed by atoms with E-state index in [4.69, 9.17) is 0 Å². The highest BCUT2D eigenvalue weighted by molar-refractivity contribution is 7.19. The Hall–Kier alpha value is -2.77. The zero-order chi connectivity index (χ0) is 18.7. The normalized spacial score (nSPS) is 13.2. The number of fused-ring (bicyclic) bond motifs is 1. The molecule has 1 aromatic heterocycles. The molecule has 0 radical (unpaired) electrons. The molecule has 3 aromatic rings. The Morgan fingerprint density at radius 2 is 1.81 bits per heavy atom. The minimum Gasteiger partial charge on any atom is -0.383 e. The van der Waals surface area contributed by atoms with E-state index in [0.717, 1.165) is 10.1 Å². The van der Waals surface area contributed by atoms with E-state index in [1.165, 1.54) is 29.5 Å². The van der Waals surface area contributed by atoms with Crippen molar-refractivity contribution in [2.75, 3.05) is 11.9 Å². The topological polar surface area (TPSA) is 78.4 Å². The van der Waals surface area contributed by atoms with Crippen LogP contribution in [0.1, 0.15) is 11.8 Å². The number of amides is 2. The van der Waals surface area contributed by atoms with Crippen molar-refractivity contribution in [3.05, 3.63) is 65.3 Å². The lowest BCUT2D eigenvalue weighted by Gasteiger charge is -2.22. The smallest absolute Gasteiger partial charge is 0.313 e. The number of benzene rings is 2. The number of carbonyl (C=O) groups is 2. The predicted octanol–water partition coefficient (Wildman–Crippen LogP) is 3.00. The van der Waals surface area contributed by atoms with Crippen LogP contribution in [-0.4, -0.2) is 23.5 Å². The van der Waals surface area contributed by atoms with E-state index in [-0.39, 0.29) is 12.2 Å². The van der Waals surface area contributed by atoms with Crippen LogP contribution in [-0.2, 0) is 15.2 Å². The SMILES string of the molecule is CC(O)(CNC(=O)C(=O)Nc1ccccc1F)c1cc2ccccc2s1. The first-order valence-corrected chi connectivity index (χ1v) is 8.73. The molecule has 0 saturated heterocycles. The summed E-state index contributed by atoms with van der Waals surface area (Å²) >= 11 is 1.42. The van der Waals surface area contributed by atoms with Crippen molar-refractivity contribution >= 4 is 38.9 Å². The average Bonchev–Trinajstić information content (AvgIpc) is 3.07. The summed E-state index contributed by atoms with van der Waals surface area (Å²) in [6.45, 7) is 1.41. The summed E-state index contributed by atoms with van der Waals surface area (Å²) in [4.78, 5) is 24.5. The van der Waals surface area contributed by atoms with Crippen LogP contribution >= 0.6 is 11.3 Å². The largest absolute Gasteiger partial charge is 0.383 e. The van der Waals surface area contributed by atoms with E-state index in [1.807, 2.05) is 30.3 Å². The van der Waals surface area contributed by atoms with Gasteiger partial charge in [0.25, 0.3) is 0 Å². The van der Waals surface area contributed by atoms with E-state index in [1.54, 1.807) is 13.0 Å². The van der Waals surface area contributed by atoms with Crippen molar-refractivity contribution in [3.8, 4) is 0 Å². The average molecular weight is 372 g/mol. The molecule has 0 aliphatic heterocycles. The molecule has 26 heavy (non-hydrogen) atoms. The van der Waals surface area contributed by atoms with Gasteiger partial charge in [-0.15, -0.1) is 11.3 Å². The molecule has 3 rings (SSSR count). The van der Waals surface area contributed by atoms with Crippen molar-refractivity contribution in [1.29, 1.82) is 0 Å². The van der Waals surface area contributed by atoms with Crippen LogP contribution in [0.4, 0.5) is 10.1 Å². The zero-order valence-corrected chi connectivity index (χ0v) is 14.8. The number of aliphatic hydroxyl groups is 1. The fraction of sp³-hybridized carbons (Fsp3) is 0.158. The van der Waals surface area contributed by atoms with E-state index >= 15 is 0 Å². The lowest BCUT2D eigenvalue weighted by atomic mass is 10.0. The highest BCUT2D eigenvalue weighted by Crippen LogP contribution is 2.32. The Labute approximate surface area is 153 Å². The van der Waals surface area contributed by atoms with Gasteiger partial charge in [-0.2, -0.15) is 0 Å². The van der Waals surface area contributed by atoms with E-state index < -0.39 is 23.2 Å². The van der Waals surface area contributed by atoms with E-state index in [0.29, 0.717) is 4.88 Å². The Bertz CT molecular complexity index is 935. The molecule has 2 aromatic carbocycles. The number of nitrogens with one attached hydrogen (secondary N) is 2. The van der Waals surface area contributed by atoms with Gasteiger partial charge in [0.2, 0.25) is 0 Å². The summed E-state index contributed by atoms with van der Waals surface area (Å²) in [6, 6.07) is 15.1. The van der Waals surface area contributed by atoms with Crippen molar-refractivity contribution in [1.82, 2.24) is 5.32 Å². The zero-order valence-electron chi connectivity index (χ0n) is 14.0. The minimum absolute atomic E-state index is 0.0797. The second kappa shape index (κ2) is 7.23. The van der Waals surface area contributed by atoms with Crippen LogP contribution in [0.25, 0.3) is 10.1 Å². The van der Waals surface area contributed by atoms with Crippen LogP contribution in [0.15, 0.2) is 54.6 Å². The first-order chi connectivity index (χ1) is 12.4. The summed E-state index contributed by atoms with van der Waals surface area (Å²) in [5.74, 6) is -2.58. The first-order valence-electron chi connectivity index (χ1n) is 7.92. The molecule has 5 nitrogen and oxygen atoms in total. The second-order valence-corrected chi connectivity index (χ2v) is 7.12. The molecular formula is C19H17FN2O3S. The van der Waals surface area contributed by atoms with Crippen LogP contribution in [0.3, 0.4) is 0 Å². The number of hydrogen-bond acceptors (Lipinski definition) is 4. The van der Waals surface area contributed by atoms with Crippen LogP contribution in [0, 0.1) is 5.82 Å². The Kier molecular flexibility index (Phi) is 5.01. The van der Waals surface area contributed by atoms with Crippen LogP contribution < -0.4 is 10.6 Å². The molecule has 2 amide bonds. The number of hydrogen-bond donors (Lipinski definition) is 3. The minimum atomic E-state index is -1.34. The van der Waals surface area contributed by atoms with Crippen molar-refractivity contribution in [2.45, 2.75) is 12.5 Å². The van der Waals surface area contributed by atoms with Gasteiger partial charge >= 0.3 is 11.8 Å². The second-order valence-electron chi connectivity index (χ2n) is 6.04. The van der Waals surface area contributed by atoms with Crippen LogP contribution in [0.2, 0.25) is 0 Å². The first kappa shape index (κ1) is 18.0. The Morgan fingerprint density at radius 3 is 2.54 bits per heavy atom. The van der Waals surface area contributed by atoms with Crippen molar-refractivity contribution < 1.29 is 19.1 Å². The molecule has 0 saturated carbocycles. The lowest BCUT2D eigenvalue weighted by molar-refractivity contribution is -0.136. The molecule has 7 heteroatoms. The molecule has 0 spiro atoms. The maximum atomic E-state index is 13.5. The number of carbonyl (C=O) groups excluding carboxylic acids is 2. The van der Waals surface area contributed by atoms with Crippen molar-refractivity contribution in [3.63, 3.8) is 0 Å². The Morgan fingerprint density at radius 1 is 1.12 bits per heavy atom. The fourth-order valence-corrected chi connectivity index (χ4v) is 3.52. The third-order valence-corrected chi connectivity index (χ3v) is 5.25. The van der Waals surface area contributed by atoms with Gasteiger partial charge in [-0.1, -0.05) is 30.3 Å². The molecule has 0 aliphatic carbocycles. The fourth-order valence-electron chi connectivity index (χ4n) is 2.41. The third-order valence-electron chi connectivity index (χ3n) is 3.88. The maximum Gasteiger partial charge on any atom is 0.313 e. The van der Waals surface area contributed by atoms with Gasteiger partial charge in [-0.25, -0.2) is 4.39 Å². The molecule has 1 atom stereocenters. The van der Waals surface area contributed by atoms with Gasteiger partial charge in [-0.05, 0) is 36.6 Å². The summed E-state index contributed by atoms with van der Waals surface area (Å²) in [6.07, 6.45) is 0. The summed E-state index contributed by atoms with van der Waals surface area (Å²) in [7, 11) is 0. The third kappa shape index (κ3) is 3.89. The van der Waals surface area contributed by atoms with Crippen molar-refractivity contribution in [2.24, 2.45) is 0 Å². The maximum absolute atomic E-state index is 13.5. The molecule has 0 aliphatic rings. The van der Waals surface area contributed by atoms with Gasteiger partial charge < -0.3 is 15.7 Å². The summed E-state index contributed by atoms with van der Waals surface area (Å²) in [5.41, 5.74) is -1.42. The summed E-state index contributed by atoms with van der Waals surface area (Å²) in [5, 5.41) is 16.2. The molecule has 0 fully saturated rings. The number of anilines is 1. The number of rotatable bonds is 4. The highest BCUT2D eigenvalue weighted by Gasteiger charge is 2.27. The number of halogens is 1. The quantitative estimate of drug-likeness (QED) is 0.616. The Balaban J connectivity index is 1.64. The van der Waals surface area contributed by atoms with Gasteiger partial charge in [0, 0.05) is 9.58 Å². The van der Waals surface area contributed by atoms with Gasteiger partial charge in [0.05, 0.1) is 12.2 Å². The number of para-hydroxylation sites is 1. The van der Waals surface area contributed by atoms with Crippen LogP contribution in [0.5, 0.6) is 0 Å². The molecule has 1 unspecified atom stereocenters. The molecule has 3 N–H and O–H groups in total. The molecular weight excluding hydrogens is 355 g/mol. The highest BCUT2D eigenvalue weighted by atomic mass is 32.1. The standard InChI is InChI=1S/C19H17FN2O3S/c1-19(25,16-10-12-6-2-5-9-15(12)26-16)11-21-17(23)18(24)22-14-8-4-3-7-13(14)20/h2-10,25H,11H2,1H3,(H,21,23)(H,22,24). The van der Waals surface area contributed by atoms with E-state index in [9.17, 15) is 19.1 Å². The molecule has 1 heterocycles. The van der Waals surface area contributed by atoms with Gasteiger partial charge in [-0.3, -0.25) is 9.59 Å². The lowest BCUT2D eigenvalue weighted by Crippen LogP contribution is -2.43. The molecule has 0 bridgehead atoms. The predicted molar refractivity (Wildman–Crippen MR) is 99.4 cm³/mol. The summed E-state index contributed by atoms with van der Waals surface area (Å²) < 4.78 is 14.5. The van der Waals surface area contributed by atoms with E-state index in [2.05, 4.69) is 10.6 Å². The van der Waals surface area contributed by atoms with Gasteiger partial charge in [0.15, 0.2) is 0 Å². The number of thiophene rings is 1. The monoisotopic (exact) mass is 372 g/mol. The van der Waals surface area contributed by atoms with Gasteiger partial charge in [0.1, 0.15) is 11.4 Å².